The van der Waals surface area contributed by atoms with E-state index in [-0.39, 0.29) is 17.4 Å². The number of nitrogens with two attached hydrogens (primary N) is 1. The first-order valence-electron chi connectivity index (χ1n) is 4.80. The lowest BCUT2D eigenvalue weighted by molar-refractivity contribution is 0.0615. The average Bonchev–Trinajstić information content (AvgIpc) is 2.24. The Kier molecular flexibility index (Phi) is 5.31. The number of rotatable bonds is 6. The Balaban J connectivity index is 2.68. The summed E-state index contributed by atoms with van der Waals surface area (Å²) in [7, 11) is 1.59. The third-order valence-electron chi connectivity index (χ3n) is 2.02. The number of halogens is 1. The number of hydrogen-bond donors (Lipinski definition) is 1. The van der Waals surface area contributed by atoms with Gasteiger partial charge in [-0.05, 0) is 23.8 Å². The summed E-state index contributed by atoms with van der Waals surface area (Å²) in [6, 6.07) is 4.27. The van der Waals surface area contributed by atoms with Gasteiger partial charge in [0.2, 0.25) is 0 Å². The van der Waals surface area contributed by atoms with Gasteiger partial charge in [-0.15, -0.1) is 0 Å². The summed E-state index contributed by atoms with van der Waals surface area (Å²) in [5.41, 5.74) is 6.83. The van der Waals surface area contributed by atoms with E-state index in [2.05, 4.69) is 0 Å². The highest BCUT2D eigenvalue weighted by molar-refractivity contribution is 7.80. The molecule has 0 aliphatic carbocycles. The van der Waals surface area contributed by atoms with Crippen LogP contribution in [0.3, 0.4) is 0 Å². The number of benzene rings is 1. The van der Waals surface area contributed by atoms with Crippen LogP contribution >= 0.6 is 12.2 Å². The van der Waals surface area contributed by atoms with Crippen LogP contribution in [0.25, 0.3) is 0 Å². The zero-order valence-corrected chi connectivity index (χ0v) is 9.85. The molecule has 0 aromatic heterocycles. The molecule has 0 aliphatic heterocycles. The van der Waals surface area contributed by atoms with E-state index < -0.39 is 0 Å². The highest BCUT2D eigenvalue weighted by Gasteiger charge is 2.06. The normalized spacial score (nSPS) is 10.4. The monoisotopic (exact) mass is 243 g/mol. The Labute approximate surface area is 99.3 Å². The van der Waals surface area contributed by atoms with Gasteiger partial charge in [-0.25, -0.2) is 4.39 Å². The number of thiocarbonyl (C=S) groups is 1. The molecule has 0 atom stereocenters. The van der Waals surface area contributed by atoms with E-state index in [4.69, 9.17) is 27.4 Å². The van der Waals surface area contributed by atoms with Crippen LogP contribution in [-0.4, -0.2) is 25.3 Å². The molecule has 0 unspecified atom stereocenters. The quantitative estimate of drug-likeness (QED) is 0.609. The topological polar surface area (TPSA) is 44.5 Å². The second-order valence-corrected chi connectivity index (χ2v) is 3.65. The summed E-state index contributed by atoms with van der Waals surface area (Å²) in [6.45, 7) is 1.22. The summed E-state index contributed by atoms with van der Waals surface area (Å²) in [4.78, 5) is 0.241. The minimum atomic E-state index is -0.328. The van der Waals surface area contributed by atoms with Crippen LogP contribution in [0.4, 0.5) is 4.39 Å². The van der Waals surface area contributed by atoms with Crippen LogP contribution < -0.4 is 5.73 Å². The van der Waals surface area contributed by atoms with Gasteiger partial charge in [0.15, 0.2) is 0 Å². The van der Waals surface area contributed by atoms with E-state index >= 15 is 0 Å². The molecule has 2 N–H and O–H groups in total. The molecule has 0 saturated carbocycles. The smallest absolute Gasteiger partial charge is 0.123 e. The van der Waals surface area contributed by atoms with Gasteiger partial charge in [0, 0.05) is 12.7 Å². The maximum Gasteiger partial charge on any atom is 0.123 e. The van der Waals surface area contributed by atoms with E-state index in [0.29, 0.717) is 24.3 Å². The van der Waals surface area contributed by atoms with E-state index in [1.165, 1.54) is 12.1 Å². The molecule has 0 aliphatic rings. The summed E-state index contributed by atoms with van der Waals surface area (Å²) in [5, 5.41) is 0. The third-order valence-corrected chi connectivity index (χ3v) is 2.24. The maximum absolute atomic E-state index is 13.0. The molecule has 1 rings (SSSR count). The molecule has 0 radical (unpaired) electrons. The highest BCUT2D eigenvalue weighted by atomic mass is 32.1. The van der Waals surface area contributed by atoms with Gasteiger partial charge in [0.25, 0.3) is 0 Å². The van der Waals surface area contributed by atoms with E-state index in [1.807, 2.05) is 0 Å². The molecule has 1 aromatic carbocycles. The molecule has 0 saturated heterocycles. The molecular weight excluding hydrogens is 229 g/mol. The van der Waals surface area contributed by atoms with Crippen molar-refractivity contribution >= 4 is 17.2 Å². The van der Waals surface area contributed by atoms with Crippen LogP contribution in [0.15, 0.2) is 18.2 Å². The summed E-state index contributed by atoms with van der Waals surface area (Å²) >= 11 is 4.87. The summed E-state index contributed by atoms with van der Waals surface area (Å²) in [6.07, 6.45) is 0. The van der Waals surface area contributed by atoms with Gasteiger partial charge in [-0.2, -0.15) is 0 Å². The Bertz CT molecular complexity index is 371. The fraction of sp³-hybridized carbons (Fsp3) is 0.364. The van der Waals surface area contributed by atoms with Crippen LogP contribution in [-0.2, 0) is 16.1 Å². The summed E-state index contributed by atoms with van der Waals surface area (Å²) < 4.78 is 23.2. The molecule has 88 valence electrons. The van der Waals surface area contributed by atoms with Gasteiger partial charge < -0.3 is 15.2 Å². The Morgan fingerprint density at radius 1 is 1.44 bits per heavy atom. The van der Waals surface area contributed by atoms with Crippen molar-refractivity contribution in [2.75, 3.05) is 20.3 Å². The molecular formula is C11H14FNO2S. The van der Waals surface area contributed by atoms with Gasteiger partial charge in [-0.1, -0.05) is 12.2 Å². The molecule has 1 aromatic rings. The van der Waals surface area contributed by atoms with Gasteiger partial charge in [-0.3, -0.25) is 0 Å². The molecule has 0 amide bonds. The molecule has 0 bridgehead atoms. The summed E-state index contributed by atoms with van der Waals surface area (Å²) in [5.74, 6) is -0.328. The minimum Gasteiger partial charge on any atom is -0.389 e. The average molecular weight is 243 g/mol. The molecule has 3 nitrogen and oxygen atoms in total. The van der Waals surface area contributed by atoms with Crippen LogP contribution in [0.2, 0.25) is 0 Å². The van der Waals surface area contributed by atoms with Crippen molar-refractivity contribution in [1.82, 2.24) is 0 Å². The van der Waals surface area contributed by atoms with Crippen molar-refractivity contribution < 1.29 is 13.9 Å². The van der Waals surface area contributed by atoms with Gasteiger partial charge in [0.1, 0.15) is 10.8 Å². The maximum atomic E-state index is 13.0. The SMILES string of the molecule is COCCOCc1cc(F)ccc1C(N)=S. The Morgan fingerprint density at radius 3 is 2.81 bits per heavy atom. The standard InChI is InChI=1S/C11H14FNO2S/c1-14-4-5-15-7-8-6-9(12)2-3-10(8)11(13)16/h2-3,6H,4-5,7H2,1H3,(H2,13,16). The first-order chi connectivity index (χ1) is 7.65. The van der Waals surface area contributed by atoms with E-state index in [9.17, 15) is 4.39 Å². The lowest BCUT2D eigenvalue weighted by Gasteiger charge is -2.09. The van der Waals surface area contributed by atoms with E-state index in [1.54, 1.807) is 13.2 Å². The second kappa shape index (κ2) is 6.52. The van der Waals surface area contributed by atoms with Crippen LogP contribution in [0, 0.1) is 5.82 Å². The second-order valence-electron chi connectivity index (χ2n) is 3.21. The molecule has 5 heteroatoms. The van der Waals surface area contributed by atoms with Crippen molar-refractivity contribution in [3.63, 3.8) is 0 Å². The van der Waals surface area contributed by atoms with Crippen molar-refractivity contribution in [2.24, 2.45) is 5.73 Å². The third kappa shape index (κ3) is 3.84. The fourth-order valence-electron chi connectivity index (χ4n) is 1.25. The van der Waals surface area contributed by atoms with Gasteiger partial charge in [0.05, 0.1) is 19.8 Å². The lowest BCUT2D eigenvalue weighted by Crippen LogP contribution is -2.13. The van der Waals surface area contributed by atoms with E-state index in [0.717, 1.165) is 0 Å². The zero-order chi connectivity index (χ0) is 12.0. The predicted molar refractivity (Wildman–Crippen MR) is 63.8 cm³/mol. The minimum absolute atomic E-state index is 0.241. The number of hydrogen-bond acceptors (Lipinski definition) is 3. The Morgan fingerprint density at radius 2 is 2.19 bits per heavy atom. The van der Waals surface area contributed by atoms with Crippen molar-refractivity contribution in [1.29, 1.82) is 0 Å². The predicted octanol–water partition coefficient (Wildman–Crippen LogP) is 1.62. The molecule has 0 heterocycles. The Hall–Kier alpha value is -1.04. The highest BCUT2D eigenvalue weighted by Crippen LogP contribution is 2.12. The molecule has 0 fully saturated rings. The van der Waals surface area contributed by atoms with Crippen molar-refractivity contribution in [3.8, 4) is 0 Å². The first-order valence-corrected chi connectivity index (χ1v) is 5.21. The zero-order valence-electron chi connectivity index (χ0n) is 9.03. The molecule has 16 heavy (non-hydrogen) atoms. The lowest BCUT2D eigenvalue weighted by atomic mass is 10.1. The largest absolute Gasteiger partial charge is 0.389 e. The van der Waals surface area contributed by atoms with Crippen LogP contribution in [0.1, 0.15) is 11.1 Å². The van der Waals surface area contributed by atoms with Crippen LogP contribution in [0.5, 0.6) is 0 Å². The molecule has 0 spiro atoms. The first kappa shape index (κ1) is 13.0. The van der Waals surface area contributed by atoms with Crippen molar-refractivity contribution in [2.45, 2.75) is 6.61 Å². The van der Waals surface area contributed by atoms with Gasteiger partial charge >= 0.3 is 0 Å². The number of ether oxygens (including phenoxy) is 2. The number of methoxy groups -OCH3 is 1. The fourth-order valence-corrected chi connectivity index (χ4v) is 1.45. The van der Waals surface area contributed by atoms with Crippen molar-refractivity contribution in [3.05, 3.63) is 35.1 Å².